The molecule has 3 aromatic carbocycles. The van der Waals surface area contributed by atoms with Crippen LogP contribution in [0.2, 0.25) is 5.02 Å². The summed E-state index contributed by atoms with van der Waals surface area (Å²) in [6, 6.07) is 14.7. The van der Waals surface area contributed by atoms with Gasteiger partial charge in [-0.3, -0.25) is 9.59 Å². The molecule has 1 unspecified atom stereocenters. The van der Waals surface area contributed by atoms with E-state index in [9.17, 15) is 27.9 Å². The number of nitrogens with zero attached hydrogens (tertiary/aromatic N) is 1. The number of aliphatic carboxylic acids is 1. The van der Waals surface area contributed by atoms with Crippen LogP contribution in [-0.2, 0) is 16.0 Å². The third-order valence-electron chi connectivity index (χ3n) is 7.49. The summed E-state index contributed by atoms with van der Waals surface area (Å²) in [5.74, 6) is -0.785. The zero-order valence-electron chi connectivity index (χ0n) is 22.5. The predicted octanol–water partition coefficient (Wildman–Crippen LogP) is 6.62. The molecular formula is C30H28ClF3N2O6. The van der Waals surface area contributed by atoms with Gasteiger partial charge in [-0.25, -0.2) is 0 Å². The Kier molecular flexibility index (Phi) is 8.14. The van der Waals surface area contributed by atoms with E-state index in [4.69, 9.17) is 21.1 Å². The highest BCUT2D eigenvalue weighted by Crippen LogP contribution is 2.49. The van der Waals surface area contributed by atoms with E-state index < -0.39 is 35.4 Å². The first kappa shape index (κ1) is 29.4. The van der Waals surface area contributed by atoms with Crippen LogP contribution in [0.3, 0.4) is 0 Å². The normalized spacial score (nSPS) is 15.9. The molecule has 12 heteroatoms. The van der Waals surface area contributed by atoms with Crippen LogP contribution in [-0.4, -0.2) is 43.6 Å². The summed E-state index contributed by atoms with van der Waals surface area (Å²) in [5, 5.41) is 13.1. The maximum atomic E-state index is 14.0. The van der Waals surface area contributed by atoms with E-state index in [2.05, 4.69) is 10.1 Å². The molecule has 0 saturated heterocycles. The van der Waals surface area contributed by atoms with Gasteiger partial charge >= 0.3 is 12.3 Å². The number of anilines is 2. The SMILES string of the molecule is COc1cc(NC(C(=O)N2CCc3ccc(OC(F)(F)F)cc32)c2ccc(Cl)cc2)cc(OCCC2(C(=O)O)CC2)c1. The molecule has 8 nitrogen and oxygen atoms in total. The quantitative estimate of drug-likeness (QED) is 0.254. The van der Waals surface area contributed by atoms with Crippen LogP contribution >= 0.6 is 11.6 Å². The van der Waals surface area contributed by atoms with Crippen LogP contribution in [0.15, 0.2) is 60.7 Å². The van der Waals surface area contributed by atoms with Gasteiger partial charge in [0.15, 0.2) is 0 Å². The molecule has 5 rings (SSSR count). The summed E-state index contributed by atoms with van der Waals surface area (Å²) in [7, 11) is 1.48. The molecule has 1 heterocycles. The van der Waals surface area contributed by atoms with Crippen LogP contribution in [0, 0.1) is 5.41 Å². The zero-order chi connectivity index (χ0) is 30.1. The highest BCUT2D eigenvalue weighted by molar-refractivity contribution is 6.30. The van der Waals surface area contributed by atoms with E-state index >= 15 is 0 Å². The van der Waals surface area contributed by atoms with E-state index in [1.807, 2.05) is 0 Å². The van der Waals surface area contributed by atoms with Crippen molar-refractivity contribution in [3.05, 3.63) is 76.8 Å². The average molecular weight is 605 g/mol. The van der Waals surface area contributed by atoms with E-state index in [-0.39, 0.29) is 13.2 Å². The number of methoxy groups -OCH3 is 1. The van der Waals surface area contributed by atoms with Gasteiger partial charge in [0.1, 0.15) is 23.3 Å². The van der Waals surface area contributed by atoms with Gasteiger partial charge in [-0.1, -0.05) is 29.8 Å². The van der Waals surface area contributed by atoms with Gasteiger partial charge in [0, 0.05) is 41.5 Å². The first-order valence-electron chi connectivity index (χ1n) is 13.2. The van der Waals surface area contributed by atoms with Gasteiger partial charge in [-0.05, 0) is 55.0 Å². The highest BCUT2D eigenvalue weighted by Gasteiger charge is 2.49. The number of halogens is 4. The van der Waals surface area contributed by atoms with Crippen molar-refractivity contribution >= 4 is 34.9 Å². The van der Waals surface area contributed by atoms with Crippen LogP contribution in [0.25, 0.3) is 0 Å². The van der Waals surface area contributed by atoms with E-state index in [1.54, 1.807) is 42.5 Å². The lowest BCUT2D eigenvalue weighted by Gasteiger charge is -2.27. The molecule has 0 radical (unpaired) electrons. The molecule has 1 aliphatic heterocycles. The summed E-state index contributed by atoms with van der Waals surface area (Å²) < 4.78 is 54.0. The number of alkyl halides is 3. The minimum absolute atomic E-state index is 0.186. The predicted molar refractivity (Wildman–Crippen MR) is 149 cm³/mol. The molecule has 1 aliphatic carbocycles. The van der Waals surface area contributed by atoms with E-state index in [0.717, 1.165) is 5.56 Å². The fourth-order valence-corrected chi connectivity index (χ4v) is 5.12. The number of carboxylic acid groups (broad SMARTS) is 1. The van der Waals surface area contributed by atoms with Crippen molar-refractivity contribution in [3.8, 4) is 17.2 Å². The number of rotatable bonds is 11. The third-order valence-corrected chi connectivity index (χ3v) is 7.74. The van der Waals surface area contributed by atoms with Crippen LogP contribution in [0.1, 0.15) is 36.4 Å². The molecule has 42 heavy (non-hydrogen) atoms. The zero-order valence-corrected chi connectivity index (χ0v) is 23.3. The Morgan fingerprint density at radius 2 is 1.76 bits per heavy atom. The van der Waals surface area contributed by atoms with Gasteiger partial charge in [0.25, 0.3) is 5.91 Å². The van der Waals surface area contributed by atoms with Crippen molar-refractivity contribution in [3.63, 3.8) is 0 Å². The molecule has 1 amide bonds. The van der Waals surface area contributed by atoms with Crippen molar-refractivity contribution in [2.75, 3.05) is 30.5 Å². The maximum absolute atomic E-state index is 14.0. The van der Waals surface area contributed by atoms with Crippen molar-refractivity contribution in [2.24, 2.45) is 5.41 Å². The summed E-state index contributed by atoms with van der Waals surface area (Å²) in [6.07, 6.45) is -2.80. The fourth-order valence-electron chi connectivity index (χ4n) is 4.99. The molecule has 0 bridgehead atoms. The molecular weight excluding hydrogens is 577 g/mol. The number of carbonyl (C=O) groups excluding carboxylic acids is 1. The Labute approximate surface area is 244 Å². The summed E-state index contributed by atoms with van der Waals surface area (Å²) in [5.41, 5.74) is 1.38. The number of amides is 1. The molecule has 3 aromatic rings. The number of ether oxygens (including phenoxy) is 3. The number of hydrogen-bond acceptors (Lipinski definition) is 6. The molecule has 0 aromatic heterocycles. The van der Waals surface area contributed by atoms with Gasteiger partial charge in [0.2, 0.25) is 0 Å². The molecule has 2 aliphatic rings. The van der Waals surface area contributed by atoms with Crippen LogP contribution < -0.4 is 24.4 Å². The smallest absolute Gasteiger partial charge is 0.497 e. The highest BCUT2D eigenvalue weighted by atomic mass is 35.5. The molecule has 1 saturated carbocycles. The molecule has 0 spiro atoms. The van der Waals surface area contributed by atoms with E-state index in [1.165, 1.54) is 30.2 Å². The van der Waals surface area contributed by atoms with Crippen molar-refractivity contribution in [1.82, 2.24) is 0 Å². The van der Waals surface area contributed by atoms with Gasteiger partial charge in [-0.15, -0.1) is 13.2 Å². The van der Waals surface area contributed by atoms with Crippen LogP contribution in [0.5, 0.6) is 17.2 Å². The maximum Gasteiger partial charge on any atom is 0.573 e. The number of benzene rings is 3. The lowest BCUT2D eigenvalue weighted by molar-refractivity contribution is -0.274. The Morgan fingerprint density at radius 1 is 1.05 bits per heavy atom. The Bertz CT molecular complexity index is 1480. The number of carbonyl (C=O) groups is 2. The standard InChI is InChI=1S/C30H28ClF3N2O6/c1-40-23-14-21(15-24(16-23)41-13-11-29(9-10-29)28(38)39)35-26(19-2-5-20(31)6-3-19)27(37)36-12-8-18-4-7-22(17-25(18)36)42-30(32,33)34/h2-7,14-17,26,35H,8-13H2,1H3,(H,38,39). The first-order chi connectivity index (χ1) is 20.0. The minimum atomic E-state index is -4.87. The van der Waals surface area contributed by atoms with Gasteiger partial charge < -0.3 is 29.5 Å². The molecule has 1 atom stereocenters. The van der Waals surface area contributed by atoms with Gasteiger partial charge in [-0.2, -0.15) is 0 Å². The summed E-state index contributed by atoms with van der Waals surface area (Å²) in [6.45, 7) is 0.457. The second-order valence-corrected chi connectivity index (χ2v) is 10.7. The van der Waals surface area contributed by atoms with Crippen LogP contribution in [0.4, 0.5) is 24.5 Å². The number of nitrogens with one attached hydrogen (secondary N) is 1. The average Bonchev–Trinajstić information content (AvgIpc) is 3.62. The Balaban J connectivity index is 1.41. The molecule has 222 valence electrons. The first-order valence-corrected chi connectivity index (χ1v) is 13.6. The van der Waals surface area contributed by atoms with Gasteiger partial charge in [0.05, 0.1) is 24.8 Å². The fraction of sp³-hybridized carbons (Fsp3) is 0.333. The third kappa shape index (κ3) is 6.67. The number of carboxylic acids is 1. The summed E-state index contributed by atoms with van der Waals surface area (Å²) >= 11 is 6.09. The monoisotopic (exact) mass is 604 g/mol. The topological polar surface area (TPSA) is 97.3 Å². The second kappa shape index (κ2) is 11.6. The lowest BCUT2D eigenvalue weighted by atomic mass is 10.0. The number of fused-ring (bicyclic) bond motifs is 1. The Hall–Kier alpha value is -4.12. The second-order valence-electron chi connectivity index (χ2n) is 10.3. The Morgan fingerprint density at radius 3 is 2.40 bits per heavy atom. The molecule has 2 N–H and O–H groups in total. The summed E-state index contributed by atoms with van der Waals surface area (Å²) in [4.78, 5) is 27.0. The minimum Gasteiger partial charge on any atom is -0.497 e. The van der Waals surface area contributed by atoms with E-state index in [0.29, 0.717) is 59.1 Å². The van der Waals surface area contributed by atoms with Crippen molar-refractivity contribution in [1.29, 1.82) is 0 Å². The number of hydrogen-bond donors (Lipinski definition) is 2. The molecule has 1 fully saturated rings. The van der Waals surface area contributed by atoms with Crippen molar-refractivity contribution < 1.29 is 42.1 Å². The van der Waals surface area contributed by atoms with Crippen molar-refractivity contribution in [2.45, 2.75) is 38.1 Å². The lowest BCUT2D eigenvalue weighted by Crippen LogP contribution is -2.37. The largest absolute Gasteiger partial charge is 0.573 e.